The minimum Gasteiger partial charge on any atom is -0.392 e. The lowest BCUT2D eigenvalue weighted by molar-refractivity contribution is -0.117. The van der Waals surface area contributed by atoms with Crippen molar-refractivity contribution in [1.29, 1.82) is 0 Å². The fraction of sp³-hybridized carbons (Fsp3) is 0.444. The maximum atomic E-state index is 12.7. The van der Waals surface area contributed by atoms with Gasteiger partial charge in [0, 0.05) is 54.9 Å². The third kappa shape index (κ3) is 4.24. The number of aliphatic hydroxyl groups is 1. The Morgan fingerprint density at radius 2 is 2.33 bits per heavy atom. The molecule has 1 amide bonds. The van der Waals surface area contributed by atoms with Crippen molar-refractivity contribution in [2.75, 3.05) is 23.7 Å². The summed E-state index contributed by atoms with van der Waals surface area (Å²) in [6.07, 6.45) is 5.93. The van der Waals surface area contributed by atoms with Crippen LogP contribution in [0.4, 0.5) is 5.69 Å². The summed E-state index contributed by atoms with van der Waals surface area (Å²) in [5.74, 6) is 0.789. The van der Waals surface area contributed by atoms with Gasteiger partial charge in [0.2, 0.25) is 0 Å². The summed E-state index contributed by atoms with van der Waals surface area (Å²) >= 11 is 1.58. The second-order valence-electron chi connectivity index (χ2n) is 6.77. The Labute approximate surface area is 168 Å². The van der Waals surface area contributed by atoms with Crippen LogP contribution in [0.15, 0.2) is 35.6 Å². The van der Waals surface area contributed by atoms with Crippen molar-refractivity contribution in [3.05, 3.63) is 35.6 Å². The van der Waals surface area contributed by atoms with Gasteiger partial charge in [-0.3, -0.25) is 4.79 Å². The molecule has 4 heterocycles. The molecule has 0 saturated carbocycles. The Morgan fingerprint density at radius 1 is 1.48 bits per heavy atom. The van der Waals surface area contributed by atoms with Gasteiger partial charge in [0.05, 0.1) is 16.7 Å². The number of β-amino-alcohol motifs (C(OH)–C–C–N with tert-alkyl or cyclic N) is 1. The predicted molar refractivity (Wildman–Crippen MR) is 111 cm³/mol. The molecule has 2 aliphatic heterocycles. The summed E-state index contributed by atoms with van der Waals surface area (Å²) in [5, 5.41) is 17.0. The molecule has 0 aromatic carbocycles. The molecule has 27 heavy (non-hydrogen) atoms. The van der Waals surface area contributed by atoms with E-state index in [1.807, 2.05) is 31.5 Å². The van der Waals surface area contributed by atoms with E-state index in [0.29, 0.717) is 17.9 Å². The molecule has 0 aliphatic carbocycles. The van der Waals surface area contributed by atoms with Crippen LogP contribution in [0.5, 0.6) is 0 Å². The number of pyridine rings is 1. The lowest BCUT2D eigenvalue weighted by Crippen LogP contribution is -2.46. The second kappa shape index (κ2) is 8.52. The van der Waals surface area contributed by atoms with Crippen LogP contribution in [0.25, 0.3) is 11.0 Å². The van der Waals surface area contributed by atoms with Crippen molar-refractivity contribution >= 4 is 46.8 Å². The van der Waals surface area contributed by atoms with Gasteiger partial charge in [-0.25, -0.2) is 4.98 Å². The number of aromatic nitrogens is 2. The first-order valence-corrected chi connectivity index (χ1v) is 9.86. The van der Waals surface area contributed by atoms with Crippen molar-refractivity contribution in [3.8, 4) is 0 Å². The number of anilines is 1. The molecule has 2 aromatic rings. The van der Waals surface area contributed by atoms with E-state index >= 15 is 0 Å². The number of nitrogens with one attached hydrogen (secondary N) is 3. The lowest BCUT2D eigenvalue weighted by Gasteiger charge is -2.28. The minimum absolute atomic E-state index is 0. The zero-order chi connectivity index (χ0) is 18.1. The molecule has 9 heteroatoms. The average Bonchev–Trinajstić information content (AvgIpc) is 3.30. The number of hydrogen-bond donors (Lipinski definition) is 4. The van der Waals surface area contributed by atoms with Crippen LogP contribution in [0.1, 0.15) is 13.3 Å². The van der Waals surface area contributed by atoms with Gasteiger partial charge >= 0.3 is 0 Å². The fourth-order valence-corrected chi connectivity index (χ4v) is 4.41. The van der Waals surface area contributed by atoms with Gasteiger partial charge in [-0.2, -0.15) is 0 Å². The Bertz CT molecular complexity index is 842. The number of nitrogens with zero attached hydrogens (tertiary/aromatic N) is 2. The summed E-state index contributed by atoms with van der Waals surface area (Å²) in [7, 11) is 0. The smallest absolute Gasteiger partial charge is 0.259 e. The van der Waals surface area contributed by atoms with E-state index < -0.39 is 0 Å². The monoisotopic (exact) mass is 409 g/mol. The highest BCUT2D eigenvalue weighted by Gasteiger charge is 2.29. The van der Waals surface area contributed by atoms with Crippen LogP contribution < -0.4 is 15.5 Å². The van der Waals surface area contributed by atoms with Crippen LogP contribution in [0.3, 0.4) is 0 Å². The highest BCUT2D eigenvalue weighted by atomic mass is 35.5. The van der Waals surface area contributed by atoms with Crippen LogP contribution in [-0.4, -0.2) is 58.0 Å². The number of aliphatic hydroxyl groups excluding tert-OH is 1. The minimum atomic E-state index is -0.325. The molecule has 7 nitrogen and oxygen atoms in total. The number of carbonyl (C=O) groups is 1. The summed E-state index contributed by atoms with van der Waals surface area (Å²) in [6, 6.07) is 4.06. The van der Waals surface area contributed by atoms with Crippen LogP contribution in [0.2, 0.25) is 0 Å². The maximum absolute atomic E-state index is 12.7. The Kier molecular flexibility index (Phi) is 6.31. The fourth-order valence-electron chi connectivity index (χ4n) is 3.51. The van der Waals surface area contributed by atoms with Crippen molar-refractivity contribution in [1.82, 2.24) is 20.6 Å². The molecule has 0 spiro atoms. The Balaban J connectivity index is 0.00000210. The number of fused-ring (bicyclic) bond motifs is 1. The van der Waals surface area contributed by atoms with E-state index in [9.17, 15) is 9.90 Å². The molecule has 1 saturated heterocycles. The Morgan fingerprint density at radius 3 is 3.11 bits per heavy atom. The second-order valence-corrected chi connectivity index (χ2v) is 7.91. The molecule has 146 valence electrons. The van der Waals surface area contributed by atoms with Crippen molar-refractivity contribution in [3.63, 3.8) is 0 Å². The van der Waals surface area contributed by atoms with Crippen molar-refractivity contribution in [2.45, 2.75) is 31.5 Å². The first kappa shape index (κ1) is 20.0. The largest absolute Gasteiger partial charge is 0.392 e. The van der Waals surface area contributed by atoms with E-state index in [1.54, 1.807) is 18.0 Å². The third-order valence-corrected chi connectivity index (χ3v) is 5.93. The van der Waals surface area contributed by atoms with E-state index in [0.717, 1.165) is 29.0 Å². The van der Waals surface area contributed by atoms with Gasteiger partial charge < -0.3 is 25.6 Å². The number of thioether (sulfide) groups is 1. The number of carbonyl (C=O) groups excluding carboxylic acids is 1. The maximum Gasteiger partial charge on any atom is 0.259 e. The van der Waals surface area contributed by atoms with E-state index in [1.165, 1.54) is 0 Å². The van der Waals surface area contributed by atoms with Crippen LogP contribution >= 0.6 is 24.2 Å². The van der Waals surface area contributed by atoms with Gasteiger partial charge in [-0.05, 0) is 25.5 Å². The molecule has 0 bridgehead atoms. The molecular formula is C18H24ClN5O2S. The molecule has 3 atom stereocenters. The standard InChI is InChI=1S/C18H23N5O2S.ClH/c1-11(14-8-12(24)9-21-14)22-18(25)16-10-23(6-7-26-16)15-3-5-20-17-13(15)2-4-19-17;/h2-5,10-12,14,21,24H,6-9H2,1H3,(H,19,20)(H,22,25);1H/t11?,12-,14-;/m1./s1. The van der Waals surface area contributed by atoms with Crippen LogP contribution in [0, 0.1) is 0 Å². The number of rotatable bonds is 4. The van der Waals surface area contributed by atoms with E-state index in [4.69, 9.17) is 0 Å². The van der Waals surface area contributed by atoms with E-state index in [2.05, 4.69) is 25.5 Å². The third-order valence-electron chi connectivity index (χ3n) is 4.94. The first-order valence-electron chi connectivity index (χ1n) is 8.87. The highest BCUT2D eigenvalue weighted by molar-refractivity contribution is 8.04. The molecular weight excluding hydrogens is 386 g/mol. The molecule has 1 unspecified atom stereocenters. The number of H-pyrrole nitrogens is 1. The highest BCUT2D eigenvalue weighted by Crippen LogP contribution is 2.30. The number of hydrogen-bond acceptors (Lipinski definition) is 6. The number of amides is 1. The van der Waals surface area contributed by atoms with Crippen molar-refractivity contribution < 1.29 is 9.90 Å². The molecule has 4 N–H and O–H groups in total. The molecule has 4 rings (SSSR count). The Hall–Kier alpha value is -1.74. The quantitative estimate of drug-likeness (QED) is 0.613. The predicted octanol–water partition coefficient (Wildman–Crippen LogP) is 1.61. The zero-order valence-electron chi connectivity index (χ0n) is 15.0. The van der Waals surface area contributed by atoms with Gasteiger partial charge in [-0.15, -0.1) is 24.2 Å². The zero-order valence-corrected chi connectivity index (χ0v) is 16.6. The van der Waals surface area contributed by atoms with Gasteiger partial charge in [0.1, 0.15) is 5.65 Å². The SMILES string of the molecule is CC(NC(=O)C1=CN(c2ccnc3[nH]ccc23)CCS1)[C@H]1C[C@@H](O)CN1.Cl. The molecule has 2 aromatic heterocycles. The first-order chi connectivity index (χ1) is 12.6. The molecule has 2 aliphatic rings. The summed E-state index contributed by atoms with van der Waals surface area (Å²) < 4.78 is 0. The van der Waals surface area contributed by atoms with Gasteiger partial charge in [0.25, 0.3) is 5.91 Å². The van der Waals surface area contributed by atoms with Gasteiger partial charge in [-0.1, -0.05) is 0 Å². The summed E-state index contributed by atoms with van der Waals surface area (Å²) in [6.45, 7) is 3.41. The normalized spacial score (nSPS) is 23.6. The van der Waals surface area contributed by atoms with E-state index in [-0.39, 0.29) is 36.5 Å². The average molecular weight is 410 g/mol. The lowest BCUT2D eigenvalue weighted by atomic mass is 10.1. The molecule has 0 radical (unpaired) electrons. The number of halogens is 1. The number of aromatic amines is 1. The van der Waals surface area contributed by atoms with Crippen molar-refractivity contribution in [2.24, 2.45) is 0 Å². The summed E-state index contributed by atoms with van der Waals surface area (Å²) in [5.41, 5.74) is 1.90. The van der Waals surface area contributed by atoms with Gasteiger partial charge in [0.15, 0.2) is 0 Å². The topological polar surface area (TPSA) is 93.3 Å². The summed E-state index contributed by atoms with van der Waals surface area (Å²) in [4.78, 5) is 23.0. The van der Waals surface area contributed by atoms with Crippen LogP contribution in [-0.2, 0) is 4.79 Å². The molecule has 1 fully saturated rings.